The molecule has 0 spiro atoms. The van der Waals surface area contributed by atoms with Crippen LogP contribution in [0, 0.1) is 0 Å². The van der Waals surface area contributed by atoms with Crippen LogP contribution in [0.15, 0.2) is 10.4 Å². The molecule has 2 atom stereocenters. The number of ether oxygens (including phenoxy) is 1. The number of aliphatic hydroxyl groups is 1. The van der Waals surface area contributed by atoms with Crippen LogP contribution in [-0.4, -0.2) is 50.1 Å². The summed E-state index contributed by atoms with van der Waals surface area (Å²) in [5.41, 5.74) is -0.206. The van der Waals surface area contributed by atoms with Gasteiger partial charge in [0, 0.05) is 17.7 Å². The average molecular weight is 398 g/mol. The van der Waals surface area contributed by atoms with E-state index in [-0.39, 0.29) is 18.7 Å². The minimum absolute atomic E-state index is 0.0114. The Kier molecular flexibility index (Phi) is 5.65. The van der Waals surface area contributed by atoms with E-state index in [1.165, 1.54) is 11.3 Å². The van der Waals surface area contributed by atoms with E-state index in [0.717, 1.165) is 35.1 Å². The molecule has 0 bridgehead atoms. The molecule has 0 aromatic carbocycles. The molecular formula is C18H27N3O3S2. The number of hydrogen-bond donors (Lipinski definition) is 1. The van der Waals surface area contributed by atoms with Crippen LogP contribution in [0.5, 0.6) is 0 Å². The maximum absolute atomic E-state index is 12.7. The van der Waals surface area contributed by atoms with Crippen molar-refractivity contribution in [3.63, 3.8) is 0 Å². The van der Waals surface area contributed by atoms with E-state index < -0.39 is 11.1 Å². The Labute approximate surface area is 163 Å². The topological polar surface area (TPSA) is 75.0 Å². The third kappa shape index (κ3) is 4.23. The second-order valence-electron chi connectivity index (χ2n) is 8.00. The molecule has 2 aliphatic heterocycles. The van der Waals surface area contributed by atoms with Crippen LogP contribution in [0.25, 0.3) is 0 Å². The van der Waals surface area contributed by atoms with Crippen molar-refractivity contribution in [2.75, 3.05) is 12.3 Å². The molecule has 3 heterocycles. The van der Waals surface area contributed by atoms with Gasteiger partial charge in [-0.15, -0.1) is 23.1 Å². The first-order chi connectivity index (χ1) is 12.2. The van der Waals surface area contributed by atoms with Gasteiger partial charge in [-0.2, -0.15) is 0 Å². The number of aliphatic hydroxyl groups excluding tert-OH is 1. The van der Waals surface area contributed by atoms with Gasteiger partial charge in [0.1, 0.15) is 16.1 Å². The quantitative estimate of drug-likeness (QED) is 0.840. The molecule has 1 saturated heterocycles. The molecule has 2 aliphatic rings. The summed E-state index contributed by atoms with van der Waals surface area (Å²) in [6.07, 6.45) is 2.75. The summed E-state index contributed by atoms with van der Waals surface area (Å²) < 4.78 is 5.61. The summed E-state index contributed by atoms with van der Waals surface area (Å²) in [5, 5.41) is 13.1. The van der Waals surface area contributed by atoms with E-state index in [0.29, 0.717) is 12.2 Å². The van der Waals surface area contributed by atoms with Crippen molar-refractivity contribution in [1.82, 2.24) is 9.88 Å². The SMILES string of the molecule is CC(C)(C)OC(=O)N1CCCCC1C1=NC(C)(c2nc(CO)cs2)CS1. The number of likely N-dealkylation sites (tertiary alicyclic amines) is 1. The predicted octanol–water partition coefficient (Wildman–Crippen LogP) is 3.79. The Hall–Kier alpha value is -1.12. The Morgan fingerprint density at radius 2 is 2.23 bits per heavy atom. The zero-order chi connectivity index (χ0) is 18.9. The standard InChI is InChI=1S/C18H27N3O3S2/c1-17(2,3)24-16(23)21-8-6-5-7-13(21)14-20-18(4,11-26-14)15-19-12(9-22)10-25-15/h10,13,22H,5-9,11H2,1-4H3. The highest BCUT2D eigenvalue weighted by atomic mass is 32.2. The van der Waals surface area contributed by atoms with Crippen LogP contribution in [-0.2, 0) is 16.9 Å². The Balaban J connectivity index is 1.80. The summed E-state index contributed by atoms with van der Waals surface area (Å²) in [4.78, 5) is 24.0. The Morgan fingerprint density at radius 3 is 2.88 bits per heavy atom. The van der Waals surface area contributed by atoms with E-state index in [2.05, 4.69) is 11.9 Å². The fourth-order valence-electron chi connectivity index (χ4n) is 3.16. The molecule has 8 heteroatoms. The van der Waals surface area contributed by atoms with Gasteiger partial charge in [0.2, 0.25) is 0 Å². The lowest BCUT2D eigenvalue weighted by Crippen LogP contribution is -2.48. The highest BCUT2D eigenvalue weighted by Crippen LogP contribution is 2.40. The number of rotatable bonds is 3. The molecule has 1 aromatic heterocycles. The number of thioether (sulfide) groups is 1. The molecule has 1 amide bonds. The zero-order valence-corrected chi connectivity index (χ0v) is 17.5. The first-order valence-corrected chi connectivity index (χ1v) is 10.9. The molecule has 0 saturated carbocycles. The summed E-state index contributed by atoms with van der Waals surface area (Å²) >= 11 is 3.25. The number of carbonyl (C=O) groups is 1. The molecule has 6 nitrogen and oxygen atoms in total. The van der Waals surface area contributed by atoms with Crippen LogP contribution in [0.3, 0.4) is 0 Å². The largest absolute Gasteiger partial charge is 0.444 e. The van der Waals surface area contributed by atoms with Gasteiger partial charge in [-0.1, -0.05) is 0 Å². The van der Waals surface area contributed by atoms with Crippen molar-refractivity contribution in [2.24, 2.45) is 4.99 Å². The van der Waals surface area contributed by atoms with Crippen molar-refractivity contribution in [3.05, 3.63) is 16.1 Å². The number of piperidine rings is 1. The van der Waals surface area contributed by atoms with Crippen LogP contribution >= 0.6 is 23.1 Å². The van der Waals surface area contributed by atoms with Crippen LogP contribution in [0.2, 0.25) is 0 Å². The van der Waals surface area contributed by atoms with Gasteiger partial charge in [-0.3, -0.25) is 9.89 Å². The molecular weight excluding hydrogens is 370 g/mol. The first kappa shape index (κ1) is 19.6. The van der Waals surface area contributed by atoms with E-state index in [1.54, 1.807) is 11.8 Å². The normalized spacial score (nSPS) is 26.7. The van der Waals surface area contributed by atoms with E-state index in [1.807, 2.05) is 31.1 Å². The minimum Gasteiger partial charge on any atom is -0.444 e. The molecule has 1 aromatic rings. The third-order valence-electron chi connectivity index (χ3n) is 4.45. The van der Waals surface area contributed by atoms with Crippen molar-refractivity contribution in [1.29, 1.82) is 0 Å². The lowest BCUT2D eigenvalue weighted by atomic mass is 10.0. The van der Waals surface area contributed by atoms with Crippen LogP contribution in [0.4, 0.5) is 4.79 Å². The fraction of sp³-hybridized carbons (Fsp3) is 0.722. The number of amides is 1. The van der Waals surface area contributed by atoms with Gasteiger partial charge >= 0.3 is 6.09 Å². The summed E-state index contributed by atoms with van der Waals surface area (Å²) in [6.45, 7) is 8.42. The van der Waals surface area contributed by atoms with Crippen LogP contribution in [0.1, 0.15) is 57.7 Å². The fourth-order valence-corrected chi connectivity index (χ4v) is 5.50. The smallest absolute Gasteiger partial charge is 0.410 e. The number of thiazole rings is 1. The number of carbonyl (C=O) groups excluding carboxylic acids is 1. The second kappa shape index (κ2) is 7.48. The molecule has 1 N–H and O–H groups in total. The zero-order valence-electron chi connectivity index (χ0n) is 15.8. The van der Waals surface area contributed by atoms with Crippen molar-refractivity contribution in [3.8, 4) is 0 Å². The molecule has 2 unspecified atom stereocenters. The third-order valence-corrected chi connectivity index (χ3v) is 6.96. The highest BCUT2D eigenvalue weighted by molar-refractivity contribution is 8.14. The summed E-state index contributed by atoms with van der Waals surface area (Å²) in [5.74, 6) is 0.805. The lowest BCUT2D eigenvalue weighted by Gasteiger charge is -2.36. The maximum Gasteiger partial charge on any atom is 0.410 e. The number of hydrogen-bond acceptors (Lipinski definition) is 7. The van der Waals surface area contributed by atoms with Crippen LogP contribution < -0.4 is 0 Å². The monoisotopic (exact) mass is 397 g/mol. The van der Waals surface area contributed by atoms with Gasteiger partial charge in [0.15, 0.2) is 0 Å². The Morgan fingerprint density at radius 1 is 1.46 bits per heavy atom. The minimum atomic E-state index is -0.500. The maximum atomic E-state index is 12.7. The van der Waals surface area contributed by atoms with Crippen molar-refractivity contribution >= 4 is 34.2 Å². The number of nitrogens with zero attached hydrogens (tertiary/aromatic N) is 3. The second-order valence-corrected chi connectivity index (χ2v) is 9.85. The van der Waals surface area contributed by atoms with Crippen molar-refractivity contribution < 1.29 is 14.6 Å². The predicted molar refractivity (Wildman–Crippen MR) is 106 cm³/mol. The number of aromatic nitrogens is 1. The molecule has 144 valence electrons. The van der Waals surface area contributed by atoms with Gasteiger partial charge in [0.05, 0.1) is 23.4 Å². The average Bonchev–Trinajstić information content (AvgIpc) is 3.21. The lowest BCUT2D eigenvalue weighted by molar-refractivity contribution is 0.0169. The van der Waals surface area contributed by atoms with E-state index in [9.17, 15) is 9.90 Å². The Bertz CT molecular complexity index is 698. The summed E-state index contributed by atoms with van der Waals surface area (Å²) in [6, 6.07) is -0.0114. The molecule has 1 fully saturated rings. The van der Waals surface area contributed by atoms with Gasteiger partial charge in [-0.05, 0) is 47.0 Å². The number of aliphatic imine (C=N–C) groups is 1. The van der Waals surface area contributed by atoms with Crippen molar-refractivity contribution in [2.45, 2.75) is 70.7 Å². The first-order valence-electron chi connectivity index (χ1n) is 9.00. The van der Waals surface area contributed by atoms with Gasteiger partial charge < -0.3 is 9.84 Å². The van der Waals surface area contributed by atoms with Gasteiger partial charge in [-0.25, -0.2) is 9.78 Å². The van der Waals surface area contributed by atoms with E-state index >= 15 is 0 Å². The van der Waals surface area contributed by atoms with Gasteiger partial charge in [0.25, 0.3) is 0 Å². The highest BCUT2D eigenvalue weighted by Gasteiger charge is 2.41. The van der Waals surface area contributed by atoms with E-state index in [4.69, 9.17) is 9.73 Å². The molecule has 0 radical (unpaired) electrons. The summed E-state index contributed by atoms with van der Waals surface area (Å²) in [7, 11) is 0. The molecule has 26 heavy (non-hydrogen) atoms. The molecule has 0 aliphatic carbocycles. The molecule has 3 rings (SSSR count).